The summed E-state index contributed by atoms with van der Waals surface area (Å²) in [5.74, 6) is 0.224. The van der Waals surface area contributed by atoms with E-state index in [2.05, 4.69) is 26.8 Å². The Morgan fingerprint density at radius 1 is 1.20 bits per heavy atom. The van der Waals surface area contributed by atoms with Crippen LogP contribution >= 0.6 is 0 Å². The molecule has 1 spiro atoms. The zero-order valence-electron chi connectivity index (χ0n) is 17.0. The highest BCUT2D eigenvalue weighted by Gasteiger charge is 2.48. The number of hydrogen-bond donors (Lipinski definition) is 1. The predicted molar refractivity (Wildman–Crippen MR) is 111 cm³/mol. The lowest BCUT2D eigenvalue weighted by Gasteiger charge is -2.51. The first kappa shape index (κ1) is 17.8. The lowest BCUT2D eigenvalue weighted by Crippen LogP contribution is -2.71. The van der Waals surface area contributed by atoms with Gasteiger partial charge in [0.1, 0.15) is 5.82 Å². The van der Waals surface area contributed by atoms with Crippen LogP contribution < -0.4 is 5.32 Å². The number of halogens is 1. The van der Waals surface area contributed by atoms with Gasteiger partial charge < -0.3 is 14.8 Å². The highest BCUT2D eigenvalue weighted by Crippen LogP contribution is 2.41. The quantitative estimate of drug-likeness (QED) is 0.678. The van der Waals surface area contributed by atoms with E-state index in [1.165, 1.54) is 12.1 Å². The Balaban J connectivity index is 1.50. The van der Waals surface area contributed by atoms with Crippen LogP contribution in [0.1, 0.15) is 27.2 Å². The number of aromatic nitrogens is 3. The van der Waals surface area contributed by atoms with Crippen molar-refractivity contribution in [3.8, 4) is 22.8 Å². The van der Waals surface area contributed by atoms with Gasteiger partial charge in [-0.2, -0.15) is 0 Å². The van der Waals surface area contributed by atoms with E-state index in [1.54, 1.807) is 6.07 Å². The van der Waals surface area contributed by atoms with Crippen LogP contribution in [-0.2, 0) is 26.3 Å². The fourth-order valence-electron chi connectivity index (χ4n) is 5.48. The summed E-state index contributed by atoms with van der Waals surface area (Å²) in [6.07, 6.45) is 4.27. The van der Waals surface area contributed by atoms with Crippen LogP contribution in [0.3, 0.4) is 0 Å². The standard InChI is InChI=1S/C23H22FN5O/c1-28-11-23(12-28)9-17-18(22(30)27-23)16-7-6-14-10-25-21(13-4-3-5-15(24)8-13)26-19(14)20(16)29(17)2/h3-5,8,10H,6-7,9,11-12H2,1-2H3,(H,27,30). The molecule has 6 rings (SSSR count). The first-order chi connectivity index (χ1) is 14.4. The van der Waals surface area contributed by atoms with Crippen molar-refractivity contribution in [3.05, 3.63) is 58.7 Å². The molecule has 152 valence electrons. The fraction of sp³-hybridized carbons (Fsp3) is 0.348. The van der Waals surface area contributed by atoms with Crippen molar-refractivity contribution in [2.75, 3.05) is 20.1 Å². The van der Waals surface area contributed by atoms with Crippen LogP contribution in [0.2, 0.25) is 0 Å². The second kappa shape index (κ2) is 5.98. The largest absolute Gasteiger partial charge is 0.345 e. The normalized spacial score (nSPS) is 19.0. The third kappa shape index (κ3) is 2.41. The molecular formula is C23H22FN5O. The molecule has 3 aromatic rings. The van der Waals surface area contributed by atoms with Crippen molar-refractivity contribution in [2.24, 2.45) is 7.05 Å². The summed E-state index contributed by atoms with van der Waals surface area (Å²) >= 11 is 0. The second-order valence-electron chi connectivity index (χ2n) is 8.87. The molecule has 0 atom stereocenters. The Morgan fingerprint density at radius 3 is 2.80 bits per heavy atom. The molecule has 2 aliphatic heterocycles. The molecule has 7 heteroatoms. The summed E-state index contributed by atoms with van der Waals surface area (Å²) in [5.41, 5.74) is 6.41. The summed E-state index contributed by atoms with van der Waals surface area (Å²) < 4.78 is 15.9. The zero-order chi connectivity index (χ0) is 20.6. The highest BCUT2D eigenvalue weighted by atomic mass is 19.1. The van der Waals surface area contributed by atoms with Crippen LogP contribution in [0.5, 0.6) is 0 Å². The average molecular weight is 403 g/mol. The van der Waals surface area contributed by atoms with Crippen molar-refractivity contribution >= 4 is 5.91 Å². The molecule has 1 N–H and O–H groups in total. The summed E-state index contributed by atoms with van der Waals surface area (Å²) in [6.45, 7) is 1.74. The number of carbonyl (C=O) groups is 1. The molecule has 4 heterocycles. The van der Waals surface area contributed by atoms with Gasteiger partial charge >= 0.3 is 0 Å². The number of hydrogen-bond acceptors (Lipinski definition) is 4. The van der Waals surface area contributed by atoms with Crippen molar-refractivity contribution in [1.29, 1.82) is 0 Å². The van der Waals surface area contributed by atoms with Gasteiger partial charge in [-0.3, -0.25) is 4.79 Å². The SMILES string of the molecule is CN1CC2(Cc3c(c4c(n3C)-c3nc(-c5cccc(F)c5)ncc3CC4)C(=O)N2)C1. The Hall–Kier alpha value is -3.06. The van der Waals surface area contributed by atoms with E-state index in [0.29, 0.717) is 11.4 Å². The van der Waals surface area contributed by atoms with Gasteiger partial charge in [-0.1, -0.05) is 12.1 Å². The Morgan fingerprint density at radius 2 is 2.03 bits per heavy atom. The van der Waals surface area contributed by atoms with E-state index in [0.717, 1.165) is 66.1 Å². The van der Waals surface area contributed by atoms with E-state index in [1.807, 2.05) is 19.3 Å². The van der Waals surface area contributed by atoms with E-state index in [4.69, 9.17) is 4.98 Å². The van der Waals surface area contributed by atoms with Gasteiger partial charge in [0.05, 0.1) is 22.5 Å². The molecule has 1 aromatic carbocycles. The lowest BCUT2D eigenvalue weighted by atomic mass is 9.80. The molecule has 30 heavy (non-hydrogen) atoms. The summed E-state index contributed by atoms with van der Waals surface area (Å²) in [7, 11) is 4.11. The maximum absolute atomic E-state index is 13.7. The van der Waals surface area contributed by atoms with Crippen molar-refractivity contribution in [1.82, 2.24) is 24.8 Å². The van der Waals surface area contributed by atoms with Gasteiger partial charge in [0.15, 0.2) is 5.82 Å². The molecule has 2 aromatic heterocycles. The molecule has 1 aliphatic carbocycles. The van der Waals surface area contributed by atoms with Gasteiger partial charge in [-0.25, -0.2) is 14.4 Å². The molecule has 1 saturated heterocycles. The van der Waals surface area contributed by atoms with Crippen LogP contribution in [-0.4, -0.2) is 51.0 Å². The van der Waals surface area contributed by atoms with Gasteiger partial charge in [0.2, 0.25) is 0 Å². The number of likely N-dealkylation sites (N-methyl/N-ethyl adjacent to an activating group) is 1. The van der Waals surface area contributed by atoms with Gasteiger partial charge in [-0.05, 0) is 43.1 Å². The number of benzene rings is 1. The molecule has 1 amide bonds. The average Bonchev–Trinajstić information content (AvgIpc) is 2.99. The number of fused-ring (bicyclic) bond motifs is 5. The predicted octanol–water partition coefficient (Wildman–Crippen LogP) is 2.36. The van der Waals surface area contributed by atoms with E-state index < -0.39 is 0 Å². The molecule has 0 bridgehead atoms. The van der Waals surface area contributed by atoms with Crippen LogP contribution in [0.15, 0.2) is 30.5 Å². The fourth-order valence-corrected chi connectivity index (χ4v) is 5.48. The summed E-state index contributed by atoms with van der Waals surface area (Å²) in [4.78, 5) is 24.7. The third-order valence-corrected chi connectivity index (χ3v) is 6.69. The van der Waals surface area contributed by atoms with Crippen molar-refractivity contribution < 1.29 is 9.18 Å². The number of amides is 1. The van der Waals surface area contributed by atoms with Crippen molar-refractivity contribution in [3.63, 3.8) is 0 Å². The first-order valence-corrected chi connectivity index (χ1v) is 10.3. The van der Waals surface area contributed by atoms with E-state index >= 15 is 0 Å². The lowest BCUT2D eigenvalue weighted by molar-refractivity contribution is 0.0474. The van der Waals surface area contributed by atoms with Gasteiger partial charge in [0, 0.05) is 44.0 Å². The molecule has 0 saturated carbocycles. The smallest absolute Gasteiger partial charge is 0.253 e. The number of likely N-dealkylation sites (tertiary alicyclic amines) is 1. The molecule has 0 radical (unpaired) electrons. The Kier molecular flexibility index (Phi) is 3.54. The van der Waals surface area contributed by atoms with Crippen molar-refractivity contribution in [2.45, 2.75) is 24.8 Å². The number of aryl methyl sites for hydroxylation is 1. The van der Waals surface area contributed by atoms with Crippen LogP contribution in [0.25, 0.3) is 22.8 Å². The number of nitrogens with zero attached hydrogens (tertiary/aromatic N) is 4. The maximum atomic E-state index is 13.7. The Bertz CT molecular complexity index is 1220. The van der Waals surface area contributed by atoms with Crippen LogP contribution in [0.4, 0.5) is 4.39 Å². The van der Waals surface area contributed by atoms with Crippen LogP contribution in [0, 0.1) is 5.82 Å². The molecule has 6 nitrogen and oxygen atoms in total. The first-order valence-electron chi connectivity index (χ1n) is 10.3. The van der Waals surface area contributed by atoms with Gasteiger partial charge in [-0.15, -0.1) is 0 Å². The maximum Gasteiger partial charge on any atom is 0.253 e. The molecular weight excluding hydrogens is 381 g/mol. The second-order valence-corrected chi connectivity index (χ2v) is 8.87. The van der Waals surface area contributed by atoms with E-state index in [9.17, 15) is 9.18 Å². The zero-order valence-corrected chi connectivity index (χ0v) is 17.0. The minimum Gasteiger partial charge on any atom is -0.345 e. The summed E-state index contributed by atoms with van der Waals surface area (Å²) in [5, 5.41) is 3.28. The Labute approximate surface area is 173 Å². The molecule has 3 aliphatic rings. The third-order valence-electron chi connectivity index (χ3n) is 6.69. The molecule has 0 unspecified atom stereocenters. The van der Waals surface area contributed by atoms with Gasteiger partial charge in [0.25, 0.3) is 5.91 Å². The minimum absolute atomic E-state index is 0.0315. The monoisotopic (exact) mass is 403 g/mol. The van der Waals surface area contributed by atoms with E-state index in [-0.39, 0.29) is 17.3 Å². The minimum atomic E-state index is -0.309. The summed E-state index contributed by atoms with van der Waals surface area (Å²) in [6, 6.07) is 6.35. The number of rotatable bonds is 1. The highest BCUT2D eigenvalue weighted by molar-refractivity contribution is 6.01. The number of nitrogens with one attached hydrogen (secondary N) is 1. The molecule has 1 fully saturated rings. The topological polar surface area (TPSA) is 63.1 Å². The number of carbonyl (C=O) groups excluding carboxylic acids is 1.